The van der Waals surface area contributed by atoms with E-state index >= 15 is 0 Å². The van der Waals surface area contributed by atoms with Crippen LogP contribution in [0, 0.1) is 13.8 Å². The van der Waals surface area contributed by atoms with Crippen LogP contribution in [0.1, 0.15) is 29.5 Å². The Morgan fingerprint density at radius 2 is 1.57 bits per heavy atom. The molecule has 2 aromatic rings. The van der Waals surface area contributed by atoms with Crippen molar-refractivity contribution >= 4 is 27.5 Å². The number of aryl methyl sites for hydroxylation is 2. The lowest BCUT2D eigenvalue weighted by atomic mass is 10.0. The number of piperidine rings is 1. The van der Waals surface area contributed by atoms with Gasteiger partial charge in [-0.3, -0.25) is 9.59 Å². The van der Waals surface area contributed by atoms with Gasteiger partial charge >= 0.3 is 0 Å². The Morgan fingerprint density at radius 1 is 1.00 bits per heavy atom. The second kappa shape index (κ2) is 13.5. The maximum absolute atomic E-state index is 13.1. The molecule has 1 heterocycles. The minimum atomic E-state index is -3.92. The van der Waals surface area contributed by atoms with E-state index in [1.165, 1.54) is 19.8 Å². The van der Waals surface area contributed by atoms with E-state index in [1.807, 2.05) is 12.1 Å². The van der Waals surface area contributed by atoms with Crippen molar-refractivity contribution in [3.8, 4) is 5.75 Å². The van der Waals surface area contributed by atoms with Gasteiger partial charge in [0, 0.05) is 45.5 Å². The number of sulfonamides is 1. The Hall–Kier alpha value is -3.15. The molecule has 1 aliphatic rings. The van der Waals surface area contributed by atoms with Crippen LogP contribution < -0.4 is 15.0 Å². The first kappa shape index (κ1) is 31.4. The Balaban J connectivity index is 1.49. The summed E-state index contributed by atoms with van der Waals surface area (Å²) in [5.74, 6) is -0.261. The zero-order valence-electron chi connectivity index (χ0n) is 24.7. The van der Waals surface area contributed by atoms with Crippen LogP contribution in [0.15, 0.2) is 41.3 Å². The molecule has 1 N–H and O–H groups in total. The standard InChI is InChI=1S/C29H43N5O5S/c1-21-16-26(39-7)17-22(2)29(21)40(37,38)33(6)20-27(35)30-18-28(36)32(5)19-23-8-10-25(11-9-23)34-14-12-24(13-15-34)31(3)4/h8-11,16-17,24H,12-15,18-20H2,1-7H3,(H,30,35). The van der Waals surface area contributed by atoms with E-state index in [0.29, 0.717) is 29.5 Å². The summed E-state index contributed by atoms with van der Waals surface area (Å²) in [4.78, 5) is 31.5. The monoisotopic (exact) mass is 573 g/mol. The van der Waals surface area contributed by atoms with Crippen molar-refractivity contribution in [2.75, 3.05) is 66.4 Å². The second-order valence-corrected chi connectivity index (χ2v) is 12.7. The Morgan fingerprint density at radius 3 is 2.10 bits per heavy atom. The van der Waals surface area contributed by atoms with Crippen LogP contribution in [0.5, 0.6) is 5.75 Å². The molecule has 2 amide bonds. The number of likely N-dealkylation sites (N-methyl/N-ethyl adjacent to an activating group) is 2. The van der Waals surface area contributed by atoms with Gasteiger partial charge in [0.2, 0.25) is 21.8 Å². The number of carbonyl (C=O) groups excluding carboxylic acids is 2. The van der Waals surface area contributed by atoms with Crippen LogP contribution in [0.4, 0.5) is 5.69 Å². The summed E-state index contributed by atoms with van der Waals surface area (Å²) in [5.41, 5.74) is 3.23. The fourth-order valence-electron chi connectivity index (χ4n) is 5.06. The Labute approximate surface area is 238 Å². The SMILES string of the molecule is COc1cc(C)c(S(=O)(=O)N(C)CC(=O)NCC(=O)N(C)Cc2ccc(N3CCC(N(C)C)CC3)cc2)c(C)c1. The van der Waals surface area contributed by atoms with Crippen LogP contribution >= 0.6 is 0 Å². The smallest absolute Gasteiger partial charge is 0.243 e. The molecule has 0 aromatic heterocycles. The first-order valence-corrected chi connectivity index (χ1v) is 14.9. The average Bonchev–Trinajstić information content (AvgIpc) is 2.91. The average molecular weight is 574 g/mol. The third-order valence-electron chi connectivity index (χ3n) is 7.48. The number of anilines is 1. The molecule has 0 bridgehead atoms. The van der Waals surface area contributed by atoms with E-state index in [1.54, 1.807) is 37.9 Å². The molecule has 2 aromatic carbocycles. The molecule has 0 spiro atoms. The van der Waals surface area contributed by atoms with Crippen molar-refractivity contribution in [3.05, 3.63) is 53.1 Å². The molecule has 1 aliphatic heterocycles. The second-order valence-electron chi connectivity index (χ2n) is 10.7. The van der Waals surface area contributed by atoms with Gasteiger partial charge in [0.15, 0.2) is 0 Å². The number of rotatable bonds is 11. The van der Waals surface area contributed by atoms with Gasteiger partial charge in [-0.25, -0.2) is 8.42 Å². The van der Waals surface area contributed by atoms with Crippen molar-refractivity contribution in [1.82, 2.24) is 19.4 Å². The normalized spacial score (nSPS) is 14.5. The number of amides is 2. The molecule has 0 saturated carbocycles. The van der Waals surface area contributed by atoms with Gasteiger partial charge in [0.1, 0.15) is 5.75 Å². The molecule has 220 valence electrons. The highest BCUT2D eigenvalue weighted by atomic mass is 32.2. The number of benzene rings is 2. The van der Waals surface area contributed by atoms with Crippen molar-refractivity contribution in [1.29, 1.82) is 0 Å². The molecule has 3 rings (SSSR count). The first-order chi connectivity index (χ1) is 18.8. The zero-order valence-corrected chi connectivity index (χ0v) is 25.5. The Kier molecular flexibility index (Phi) is 10.6. The predicted octanol–water partition coefficient (Wildman–Crippen LogP) is 2.24. The van der Waals surface area contributed by atoms with Crippen LogP contribution in [0.3, 0.4) is 0 Å². The molecule has 0 unspecified atom stereocenters. The van der Waals surface area contributed by atoms with Gasteiger partial charge in [-0.1, -0.05) is 12.1 Å². The summed E-state index contributed by atoms with van der Waals surface area (Å²) < 4.78 is 32.5. The van der Waals surface area contributed by atoms with E-state index in [2.05, 4.69) is 41.3 Å². The Bertz CT molecular complexity index is 1270. The first-order valence-electron chi connectivity index (χ1n) is 13.5. The van der Waals surface area contributed by atoms with Crippen LogP contribution in [-0.4, -0.2) is 102 Å². The highest BCUT2D eigenvalue weighted by Gasteiger charge is 2.27. The van der Waals surface area contributed by atoms with Crippen LogP contribution in [0.2, 0.25) is 0 Å². The molecule has 0 atom stereocenters. The van der Waals surface area contributed by atoms with Crippen LogP contribution in [0.25, 0.3) is 0 Å². The molecular weight excluding hydrogens is 530 g/mol. The molecule has 0 aliphatic carbocycles. The van der Waals surface area contributed by atoms with Crippen molar-refractivity contribution in [2.45, 2.75) is 44.2 Å². The molecule has 40 heavy (non-hydrogen) atoms. The zero-order chi connectivity index (χ0) is 29.6. The number of hydrogen-bond acceptors (Lipinski definition) is 7. The number of nitrogens with zero attached hydrogens (tertiary/aromatic N) is 4. The molecule has 1 fully saturated rings. The third kappa shape index (κ3) is 7.74. The lowest BCUT2D eigenvalue weighted by Gasteiger charge is -2.36. The van der Waals surface area contributed by atoms with E-state index in [4.69, 9.17) is 4.74 Å². The number of methoxy groups -OCH3 is 1. The number of nitrogens with one attached hydrogen (secondary N) is 1. The summed E-state index contributed by atoms with van der Waals surface area (Å²) >= 11 is 0. The fraction of sp³-hybridized carbons (Fsp3) is 0.517. The summed E-state index contributed by atoms with van der Waals surface area (Å²) in [6.07, 6.45) is 2.28. The molecular formula is C29H43N5O5S. The lowest BCUT2D eigenvalue weighted by Crippen LogP contribution is -2.43. The maximum Gasteiger partial charge on any atom is 0.243 e. The highest BCUT2D eigenvalue weighted by Crippen LogP contribution is 2.27. The summed E-state index contributed by atoms with van der Waals surface area (Å²) in [7, 11) is 4.89. The van der Waals surface area contributed by atoms with Gasteiger partial charge in [0.25, 0.3) is 0 Å². The minimum absolute atomic E-state index is 0.142. The number of ether oxygens (including phenoxy) is 1. The van der Waals surface area contributed by atoms with Gasteiger partial charge in [0.05, 0.1) is 25.1 Å². The predicted molar refractivity (Wildman–Crippen MR) is 157 cm³/mol. The van der Waals surface area contributed by atoms with E-state index in [0.717, 1.165) is 35.8 Å². The van der Waals surface area contributed by atoms with Crippen molar-refractivity contribution in [3.63, 3.8) is 0 Å². The third-order valence-corrected chi connectivity index (χ3v) is 9.59. The van der Waals surface area contributed by atoms with E-state index < -0.39 is 22.5 Å². The maximum atomic E-state index is 13.1. The molecule has 1 saturated heterocycles. The van der Waals surface area contributed by atoms with Crippen molar-refractivity contribution < 1.29 is 22.7 Å². The minimum Gasteiger partial charge on any atom is -0.497 e. The highest BCUT2D eigenvalue weighted by molar-refractivity contribution is 7.89. The molecule has 10 nitrogen and oxygen atoms in total. The number of carbonyl (C=O) groups is 2. The summed E-state index contributed by atoms with van der Waals surface area (Å²) in [5, 5.41) is 2.55. The van der Waals surface area contributed by atoms with Gasteiger partial charge in [-0.2, -0.15) is 4.31 Å². The molecule has 11 heteroatoms. The van der Waals surface area contributed by atoms with Gasteiger partial charge < -0.3 is 24.8 Å². The summed E-state index contributed by atoms with van der Waals surface area (Å²) in [6.45, 7) is 5.20. The lowest BCUT2D eigenvalue weighted by molar-refractivity contribution is -0.132. The number of hydrogen-bond donors (Lipinski definition) is 1. The van der Waals surface area contributed by atoms with E-state index in [-0.39, 0.29) is 17.3 Å². The van der Waals surface area contributed by atoms with Gasteiger partial charge in [-0.15, -0.1) is 0 Å². The molecule has 0 radical (unpaired) electrons. The largest absolute Gasteiger partial charge is 0.497 e. The van der Waals surface area contributed by atoms with Crippen LogP contribution in [-0.2, 0) is 26.2 Å². The fourth-order valence-corrected chi connectivity index (χ4v) is 6.59. The summed E-state index contributed by atoms with van der Waals surface area (Å²) in [6, 6.07) is 12.1. The van der Waals surface area contributed by atoms with Crippen molar-refractivity contribution in [2.24, 2.45) is 0 Å². The van der Waals surface area contributed by atoms with E-state index in [9.17, 15) is 18.0 Å². The van der Waals surface area contributed by atoms with Gasteiger partial charge in [-0.05, 0) is 81.7 Å². The topological polar surface area (TPSA) is 102 Å². The quantitative estimate of drug-likeness (QED) is 0.440.